The normalized spacial score (nSPS) is 17.3. The SMILES string of the molecule is Cc1ccc(N2NCc3c2ncn(CC2(O)CCN(C(=O)c4nnsc4C)CC2)c3=O)cc1. The van der Waals surface area contributed by atoms with Crippen molar-refractivity contribution in [2.75, 3.05) is 18.1 Å². The highest BCUT2D eigenvalue weighted by Gasteiger charge is 2.36. The number of benzene rings is 1. The fourth-order valence-corrected chi connectivity index (χ4v) is 4.76. The second-order valence-electron chi connectivity index (χ2n) is 8.68. The van der Waals surface area contributed by atoms with Crippen LogP contribution in [-0.4, -0.2) is 53.7 Å². The molecule has 2 aliphatic rings. The molecule has 1 aromatic carbocycles. The predicted molar refractivity (Wildman–Crippen MR) is 123 cm³/mol. The molecule has 5 rings (SSSR count). The Kier molecular flexibility index (Phi) is 5.47. The highest BCUT2D eigenvalue weighted by molar-refractivity contribution is 7.05. The van der Waals surface area contributed by atoms with Crippen LogP contribution in [0.1, 0.15) is 39.3 Å². The third-order valence-electron chi connectivity index (χ3n) is 6.33. The molecule has 2 N–H and O–H groups in total. The highest BCUT2D eigenvalue weighted by atomic mass is 32.1. The van der Waals surface area contributed by atoms with Gasteiger partial charge in [-0.2, -0.15) is 0 Å². The molecule has 3 aromatic rings. The number of fused-ring (bicyclic) bond motifs is 1. The Morgan fingerprint density at radius 3 is 2.61 bits per heavy atom. The number of rotatable bonds is 4. The first-order valence-corrected chi connectivity index (χ1v) is 11.6. The van der Waals surface area contributed by atoms with Crippen LogP contribution in [0, 0.1) is 13.8 Å². The van der Waals surface area contributed by atoms with Crippen molar-refractivity contribution in [3.8, 4) is 0 Å². The molecule has 0 unspecified atom stereocenters. The summed E-state index contributed by atoms with van der Waals surface area (Å²) in [5, 5.41) is 16.9. The number of carbonyl (C=O) groups excluding carboxylic acids is 1. The van der Waals surface area contributed by atoms with Crippen LogP contribution < -0.4 is 16.0 Å². The van der Waals surface area contributed by atoms with E-state index in [9.17, 15) is 14.7 Å². The van der Waals surface area contributed by atoms with Crippen LogP contribution in [-0.2, 0) is 13.1 Å². The molecule has 4 heterocycles. The number of piperidine rings is 1. The van der Waals surface area contributed by atoms with Gasteiger partial charge in [0.05, 0.1) is 28.3 Å². The summed E-state index contributed by atoms with van der Waals surface area (Å²) in [4.78, 5) is 32.8. The van der Waals surface area contributed by atoms with E-state index >= 15 is 0 Å². The number of aliphatic hydroxyl groups is 1. The van der Waals surface area contributed by atoms with Crippen molar-refractivity contribution >= 4 is 28.9 Å². The van der Waals surface area contributed by atoms with Gasteiger partial charge in [-0.3, -0.25) is 19.2 Å². The second-order valence-corrected chi connectivity index (χ2v) is 9.64. The van der Waals surface area contributed by atoms with Gasteiger partial charge in [-0.1, -0.05) is 22.2 Å². The predicted octanol–water partition coefficient (Wildman–Crippen LogP) is 1.54. The van der Waals surface area contributed by atoms with E-state index in [1.165, 1.54) is 22.4 Å². The fourth-order valence-electron chi connectivity index (χ4n) is 4.30. The molecule has 0 atom stereocenters. The van der Waals surface area contributed by atoms with Crippen LogP contribution in [0.2, 0.25) is 0 Å². The Morgan fingerprint density at radius 2 is 1.94 bits per heavy atom. The summed E-state index contributed by atoms with van der Waals surface area (Å²) in [5.41, 5.74) is 4.96. The van der Waals surface area contributed by atoms with Gasteiger partial charge in [-0.25, -0.2) is 10.4 Å². The van der Waals surface area contributed by atoms with Crippen LogP contribution in [0.5, 0.6) is 0 Å². The lowest BCUT2D eigenvalue weighted by Gasteiger charge is -2.38. The zero-order valence-electron chi connectivity index (χ0n) is 18.5. The number of carbonyl (C=O) groups is 1. The van der Waals surface area contributed by atoms with E-state index in [0.717, 1.165) is 16.1 Å². The standard InChI is InChI=1S/C22H25N7O3S/c1-14-3-5-16(6-4-14)29-19-17(11-24-29)20(30)28(13-23-19)12-22(32)7-9-27(10-8-22)21(31)18-15(2)33-26-25-18/h3-6,13,24,32H,7-12H2,1-2H3. The molecule has 0 bridgehead atoms. The number of amides is 1. The van der Waals surface area contributed by atoms with Gasteiger partial charge in [0.25, 0.3) is 11.5 Å². The minimum Gasteiger partial charge on any atom is -0.388 e. The van der Waals surface area contributed by atoms with Gasteiger partial charge < -0.3 is 10.0 Å². The number of likely N-dealkylation sites (tertiary alicyclic amines) is 1. The number of aryl methyl sites for hydroxylation is 2. The van der Waals surface area contributed by atoms with Crippen molar-refractivity contribution in [2.45, 2.75) is 45.4 Å². The molecule has 33 heavy (non-hydrogen) atoms. The van der Waals surface area contributed by atoms with Crippen molar-refractivity contribution in [2.24, 2.45) is 0 Å². The zero-order chi connectivity index (χ0) is 23.2. The number of anilines is 2. The molecule has 0 spiro atoms. The van der Waals surface area contributed by atoms with Crippen molar-refractivity contribution in [1.29, 1.82) is 0 Å². The fraction of sp³-hybridized carbons (Fsp3) is 0.409. The Morgan fingerprint density at radius 1 is 1.21 bits per heavy atom. The molecule has 1 amide bonds. The van der Waals surface area contributed by atoms with Gasteiger partial charge in [-0.05, 0) is 50.4 Å². The van der Waals surface area contributed by atoms with Gasteiger partial charge in [0, 0.05) is 19.6 Å². The minimum atomic E-state index is -1.09. The van der Waals surface area contributed by atoms with Crippen LogP contribution in [0.4, 0.5) is 11.5 Å². The van der Waals surface area contributed by atoms with Crippen LogP contribution in [0.15, 0.2) is 35.4 Å². The molecular weight excluding hydrogens is 442 g/mol. The highest BCUT2D eigenvalue weighted by Crippen LogP contribution is 2.29. The minimum absolute atomic E-state index is 0.135. The summed E-state index contributed by atoms with van der Waals surface area (Å²) in [6.45, 7) is 5.13. The lowest BCUT2D eigenvalue weighted by atomic mass is 9.91. The Hall–Kier alpha value is -3.15. The molecule has 0 aliphatic carbocycles. The van der Waals surface area contributed by atoms with Crippen LogP contribution in [0.3, 0.4) is 0 Å². The van der Waals surface area contributed by atoms with E-state index < -0.39 is 5.60 Å². The van der Waals surface area contributed by atoms with Gasteiger partial charge in [0.1, 0.15) is 6.33 Å². The molecular formula is C22H25N7O3S. The maximum Gasteiger partial charge on any atom is 0.275 e. The molecule has 10 nitrogen and oxygen atoms in total. The molecule has 0 radical (unpaired) electrons. The summed E-state index contributed by atoms with van der Waals surface area (Å²) in [7, 11) is 0. The van der Waals surface area contributed by atoms with E-state index in [1.807, 2.05) is 43.1 Å². The molecule has 0 saturated carbocycles. The first kappa shape index (κ1) is 21.7. The molecule has 2 aromatic heterocycles. The van der Waals surface area contributed by atoms with Crippen molar-refractivity contribution < 1.29 is 9.90 Å². The number of nitrogens with one attached hydrogen (secondary N) is 1. The van der Waals surface area contributed by atoms with E-state index in [1.54, 1.807) is 4.90 Å². The van der Waals surface area contributed by atoms with Crippen molar-refractivity contribution in [3.63, 3.8) is 0 Å². The van der Waals surface area contributed by atoms with Gasteiger partial charge >= 0.3 is 0 Å². The smallest absolute Gasteiger partial charge is 0.275 e. The maximum atomic E-state index is 13.1. The summed E-state index contributed by atoms with van der Waals surface area (Å²) in [5.74, 6) is 0.418. The quantitative estimate of drug-likeness (QED) is 0.594. The summed E-state index contributed by atoms with van der Waals surface area (Å²) < 4.78 is 5.31. The third kappa shape index (κ3) is 4.03. The molecule has 11 heteroatoms. The second kappa shape index (κ2) is 8.32. The first-order valence-electron chi connectivity index (χ1n) is 10.8. The monoisotopic (exact) mass is 467 g/mol. The molecule has 172 valence electrons. The maximum absolute atomic E-state index is 13.1. The third-order valence-corrected chi connectivity index (χ3v) is 6.96. The molecule has 2 aliphatic heterocycles. The number of hydrogen-bond donors (Lipinski definition) is 2. The average molecular weight is 468 g/mol. The Labute approximate surface area is 194 Å². The largest absolute Gasteiger partial charge is 0.388 e. The topological polar surface area (TPSA) is 116 Å². The molecule has 1 fully saturated rings. The number of hydrogen-bond acceptors (Lipinski definition) is 9. The van der Waals surface area contributed by atoms with Crippen LogP contribution in [0.25, 0.3) is 0 Å². The lowest BCUT2D eigenvalue weighted by molar-refractivity contribution is -0.0301. The van der Waals surface area contributed by atoms with E-state index in [4.69, 9.17) is 0 Å². The van der Waals surface area contributed by atoms with E-state index in [0.29, 0.717) is 49.6 Å². The van der Waals surface area contributed by atoms with Crippen LogP contribution >= 0.6 is 11.5 Å². The summed E-state index contributed by atoms with van der Waals surface area (Å²) in [6.07, 6.45) is 2.23. The number of hydrazine groups is 1. The number of aromatic nitrogens is 4. The van der Waals surface area contributed by atoms with Gasteiger partial charge in [-0.15, -0.1) is 5.10 Å². The van der Waals surface area contributed by atoms with Crippen molar-refractivity contribution in [1.82, 2.24) is 29.5 Å². The zero-order valence-corrected chi connectivity index (χ0v) is 19.3. The van der Waals surface area contributed by atoms with Crippen molar-refractivity contribution in [3.05, 3.63) is 62.6 Å². The van der Waals surface area contributed by atoms with Gasteiger partial charge in [0.15, 0.2) is 11.5 Å². The lowest BCUT2D eigenvalue weighted by Crippen LogP contribution is -2.50. The Balaban J connectivity index is 1.29. The average Bonchev–Trinajstić information content (AvgIpc) is 3.43. The van der Waals surface area contributed by atoms with E-state index in [2.05, 4.69) is 20.0 Å². The Bertz CT molecular complexity index is 1250. The van der Waals surface area contributed by atoms with Gasteiger partial charge in [0.2, 0.25) is 0 Å². The molecule has 1 saturated heterocycles. The number of nitrogens with zero attached hydrogens (tertiary/aromatic N) is 6. The van der Waals surface area contributed by atoms with E-state index in [-0.39, 0.29) is 18.0 Å². The summed E-state index contributed by atoms with van der Waals surface area (Å²) >= 11 is 1.20. The summed E-state index contributed by atoms with van der Waals surface area (Å²) in [6, 6.07) is 7.97. The first-order chi connectivity index (χ1) is 15.8.